The van der Waals surface area contributed by atoms with E-state index < -0.39 is 5.25 Å². The van der Waals surface area contributed by atoms with Crippen molar-refractivity contribution in [3.63, 3.8) is 0 Å². The summed E-state index contributed by atoms with van der Waals surface area (Å²) in [6, 6.07) is 14.9. The molecule has 0 saturated heterocycles. The highest BCUT2D eigenvalue weighted by molar-refractivity contribution is 8.00. The SMILES string of the molecule is CCc1ccc(NC(=O)[C@@H](C)Sc2nc3ccccc3c(=O)n2CCCO)cc1. The molecule has 3 rings (SSSR count). The number of anilines is 1. The number of hydrogen-bond donors (Lipinski definition) is 2. The van der Waals surface area contributed by atoms with E-state index in [4.69, 9.17) is 0 Å². The predicted molar refractivity (Wildman–Crippen MR) is 117 cm³/mol. The minimum absolute atomic E-state index is 0.0207. The molecule has 0 aliphatic carbocycles. The van der Waals surface area contributed by atoms with Crippen LogP contribution in [0.15, 0.2) is 58.5 Å². The van der Waals surface area contributed by atoms with Gasteiger partial charge in [0.2, 0.25) is 5.91 Å². The molecule has 1 amide bonds. The molecule has 0 aliphatic heterocycles. The summed E-state index contributed by atoms with van der Waals surface area (Å²) in [7, 11) is 0. The van der Waals surface area contributed by atoms with Gasteiger partial charge in [0.1, 0.15) is 0 Å². The first kappa shape index (κ1) is 21.1. The highest BCUT2D eigenvalue weighted by Gasteiger charge is 2.19. The van der Waals surface area contributed by atoms with E-state index in [0.717, 1.165) is 12.1 Å². The van der Waals surface area contributed by atoms with Crippen LogP contribution in [-0.2, 0) is 17.8 Å². The standard InChI is InChI=1S/C22H25N3O3S/c1-3-16-9-11-17(12-10-16)23-20(27)15(2)29-22-24-19-8-5-4-7-18(19)21(28)25(22)13-6-14-26/h4-5,7-12,15,26H,3,6,13-14H2,1-2H3,(H,23,27)/t15-/m1/s1. The lowest BCUT2D eigenvalue weighted by molar-refractivity contribution is -0.115. The summed E-state index contributed by atoms with van der Waals surface area (Å²) in [6.07, 6.45) is 1.39. The first-order chi connectivity index (χ1) is 14.0. The van der Waals surface area contributed by atoms with Crippen LogP contribution in [0, 0.1) is 0 Å². The number of carbonyl (C=O) groups is 1. The lowest BCUT2D eigenvalue weighted by Gasteiger charge is -2.16. The molecule has 3 aromatic rings. The first-order valence-electron chi connectivity index (χ1n) is 9.70. The zero-order valence-corrected chi connectivity index (χ0v) is 17.4. The summed E-state index contributed by atoms with van der Waals surface area (Å²) < 4.78 is 1.54. The number of aliphatic hydroxyl groups excluding tert-OH is 1. The van der Waals surface area contributed by atoms with Gasteiger partial charge in [-0.2, -0.15) is 0 Å². The second-order valence-corrected chi connectivity index (χ2v) is 8.05. The first-order valence-corrected chi connectivity index (χ1v) is 10.6. The minimum Gasteiger partial charge on any atom is -0.396 e. The number of benzene rings is 2. The maximum Gasteiger partial charge on any atom is 0.262 e. The summed E-state index contributed by atoms with van der Waals surface area (Å²) in [5.74, 6) is -0.157. The monoisotopic (exact) mass is 411 g/mol. The third-order valence-electron chi connectivity index (χ3n) is 4.65. The summed E-state index contributed by atoms with van der Waals surface area (Å²) >= 11 is 1.24. The van der Waals surface area contributed by atoms with Gasteiger partial charge in [0.15, 0.2) is 5.16 Å². The molecule has 1 heterocycles. The highest BCUT2D eigenvalue weighted by atomic mass is 32.2. The number of hydrogen-bond acceptors (Lipinski definition) is 5. The maximum absolute atomic E-state index is 12.9. The summed E-state index contributed by atoms with van der Waals surface area (Å²) in [6.45, 7) is 4.20. The van der Waals surface area contributed by atoms with Crippen molar-refractivity contribution in [1.82, 2.24) is 9.55 Å². The Morgan fingerprint density at radius 3 is 2.62 bits per heavy atom. The Morgan fingerprint density at radius 2 is 1.93 bits per heavy atom. The van der Waals surface area contributed by atoms with Gasteiger partial charge in [0.25, 0.3) is 5.56 Å². The number of nitrogens with zero attached hydrogens (tertiary/aromatic N) is 2. The lowest BCUT2D eigenvalue weighted by atomic mass is 10.1. The molecule has 6 nitrogen and oxygen atoms in total. The van der Waals surface area contributed by atoms with E-state index in [-0.39, 0.29) is 18.1 Å². The van der Waals surface area contributed by atoms with Gasteiger partial charge in [0, 0.05) is 18.8 Å². The second-order valence-electron chi connectivity index (χ2n) is 6.75. The quantitative estimate of drug-likeness (QED) is 0.438. The predicted octanol–water partition coefficient (Wildman–Crippen LogP) is 3.46. The lowest BCUT2D eigenvalue weighted by Crippen LogP contribution is -2.27. The van der Waals surface area contributed by atoms with Crippen LogP contribution in [0.2, 0.25) is 0 Å². The van der Waals surface area contributed by atoms with Gasteiger partial charge >= 0.3 is 0 Å². The van der Waals surface area contributed by atoms with Crippen LogP contribution in [0.5, 0.6) is 0 Å². The molecule has 2 N–H and O–H groups in total. The largest absolute Gasteiger partial charge is 0.396 e. The van der Waals surface area contributed by atoms with Crippen molar-refractivity contribution >= 4 is 34.3 Å². The van der Waals surface area contributed by atoms with Crippen LogP contribution in [0.4, 0.5) is 5.69 Å². The number of fused-ring (bicyclic) bond motifs is 1. The Hall–Kier alpha value is -2.64. The van der Waals surface area contributed by atoms with Gasteiger partial charge in [0.05, 0.1) is 16.2 Å². The van der Waals surface area contributed by atoms with E-state index >= 15 is 0 Å². The number of amides is 1. The van der Waals surface area contributed by atoms with Crippen molar-refractivity contribution in [2.24, 2.45) is 0 Å². The number of aryl methyl sites for hydroxylation is 1. The van der Waals surface area contributed by atoms with Crippen LogP contribution in [0.3, 0.4) is 0 Å². The molecule has 0 saturated carbocycles. The van der Waals surface area contributed by atoms with Gasteiger partial charge in [-0.1, -0.05) is 43.0 Å². The molecule has 7 heteroatoms. The van der Waals surface area contributed by atoms with Crippen molar-refractivity contribution in [2.45, 2.75) is 43.6 Å². The summed E-state index contributed by atoms with van der Waals surface area (Å²) in [5.41, 5.74) is 2.39. The highest BCUT2D eigenvalue weighted by Crippen LogP contribution is 2.24. The zero-order chi connectivity index (χ0) is 20.8. The molecule has 0 fully saturated rings. The van der Waals surface area contributed by atoms with Crippen molar-refractivity contribution < 1.29 is 9.90 Å². The normalized spacial score (nSPS) is 12.1. The molecule has 0 radical (unpaired) electrons. The van der Waals surface area contributed by atoms with E-state index in [0.29, 0.717) is 29.0 Å². The van der Waals surface area contributed by atoms with Crippen LogP contribution in [0.1, 0.15) is 25.8 Å². The van der Waals surface area contributed by atoms with E-state index in [1.54, 1.807) is 29.7 Å². The number of aliphatic hydroxyl groups is 1. The van der Waals surface area contributed by atoms with E-state index in [2.05, 4.69) is 17.2 Å². The van der Waals surface area contributed by atoms with E-state index in [9.17, 15) is 14.7 Å². The fourth-order valence-electron chi connectivity index (χ4n) is 2.94. The Bertz CT molecular complexity index is 1050. The number of carbonyl (C=O) groups excluding carboxylic acids is 1. The van der Waals surface area contributed by atoms with E-state index in [1.807, 2.05) is 30.3 Å². The van der Waals surface area contributed by atoms with Crippen molar-refractivity contribution in [3.8, 4) is 0 Å². The van der Waals surface area contributed by atoms with Crippen molar-refractivity contribution in [3.05, 3.63) is 64.4 Å². The molecule has 0 unspecified atom stereocenters. The van der Waals surface area contributed by atoms with Crippen LogP contribution in [-0.4, -0.2) is 32.4 Å². The molecular weight excluding hydrogens is 386 g/mol. The van der Waals surface area contributed by atoms with Crippen molar-refractivity contribution in [2.75, 3.05) is 11.9 Å². The van der Waals surface area contributed by atoms with Gasteiger partial charge < -0.3 is 10.4 Å². The fraction of sp³-hybridized carbons (Fsp3) is 0.318. The molecule has 0 bridgehead atoms. The molecule has 29 heavy (non-hydrogen) atoms. The number of nitrogens with one attached hydrogen (secondary N) is 1. The molecule has 1 aromatic heterocycles. The summed E-state index contributed by atoms with van der Waals surface area (Å²) in [5, 5.41) is 12.7. The molecule has 2 aromatic carbocycles. The smallest absolute Gasteiger partial charge is 0.262 e. The van der Waals surface area contributed by atoms with Crippen LogP contribution < -0.4 is 10.9 Å². The van der Waals surface area contributed by atoms with Crippen LogP contribution in [0.25, 0.3) is 10.9 Å². The number of para-hydroxylation sites is 1. The van der Waals surface area contributed by atoms with Gasteiger partial charge in [-0.05, 0) is 49.6 Å². The minimum atomic E-state index is -0.450. The Morgan fingerprint density at radius 1 is 1.21 bits per heavy atom. The third kappa shape index (κ3) is 5.05. The Kier molecular flexibility index (Phi) is 7.06. The third-order valence-corrected chi connectivity index (χ3v) is 5.74. The topological polar surface area (TPSA) is 84.2 Å². The Balaban J connectivity index is 1.83. The second kappa shape index (κ2) is 9.71. The average molecular weight is 412 g/mol. The van der Waals surface area contributed by atoms with Gasteiger partial charge in [-0.15, -0.1) is 0 Å². The molecule has 152 valence electrons. The van der Waals surface area contributed by atoms with Crippen LogP contribution >= 0.6 is 11.8 Å². The number of rotatable bonds is 8. The summed E-state index contributed by atoms with van der Waals surface area (Å²) in [4.78, 5) is 30.1. The van der Waals surface area contributed by atoms with E-state index in [1.165, 1.54) is 17.3 Å². The molecule has 0 aliphatic rings. The van der Waals surface area contributed by atoms with Crippen molar-refractivity contribution in [1.29, 1.82) is 0 Å². The average Bonchev–Trinajstić information content (AvgIpc) is 2.74. The molecule has 1 atom stereocenters. The Labute approximate surface area is 174 Å². The number of aromatic nitrogens is 2. The molecular formula is C22H25N3O3S. The fourth-order valence-corrected chi connectivity index (χ4v) is 3.88. The van der Waals surface area contributed by atoms with Gasteiger partial charge in [-0.3, -0.25) is 14.2 Å². The molecule has 0 spiro atoms. The number of thioether (sulfide) groups is 1. The maximum atomic E-state index is 12.9. The van der Waals surface area contributed by atoms with Gasteiger partial charge in [-0.25, -0.2) is 4.98 Å². The zero-order valence-electron chi connectivity index (χ0n) is 16.6.